The van der Waals surface area contributed by atoms with Crippen molar-refractivity contribution in [2.75, 3.05) is 7.11 Å². The molecular weight excluding hydrogens is 221 g/mol. The van der Waals surface area contributed by atoms with E-state index in [9.17, 15) is 4.39 Å². The number of ether oxygens (including phenoxy) is 1. The van der Waals surface area contributed by atoms with Crippen molar-refractivity contribution in [1.29, 1.82) is 0 Å². The van der Waals surface area contributed by atoms with Crippen molar-refractivity contribution in [2.45, 2.75) is 12.6 Å². The van der Waals surface area contributed by atoms with Crippen molar-refractivity contribution >= 4 is 0 Å². The molecule has 0 saturated heterocycles. The highest BCUT2D eigenvalue weighted by atomic mass is 19.1. The molecule has 0 fully saturated rings. The molecule has 0 aliphatic heterocycles. The normalized spacial score (nSPS) is 12.6. The van der Waals surface area contributed by atoms with E-state index in [1.54, 1.807) is 37.4 Å². The van der Waals surface area contributed by atoms with Gasteiger partial charge in [0.2, 0.25) is 0 Å². The van der Waals surface area contributed by atoms with Gasteiger partial charge in [0, 0.05) is 12.7 Å². The molecule has 1 atom stereocenters. The van der Waals surface area contributed by atoms with Crippen LogP contribution in [0.3, 0.4) is 0 Å². The molecule has 2 rings (SSSR count). The first-order chi connectivity index (χ1) is 8.22. The molecule has 1 unspecified atom stereocenters. The standard InChI is InChI=1S/C13H14FNO2/c1-16-8-9-6-7-12(17-9)13(15)10-4-2-3-5-11(10)14/h2-7,13H,8,15H2,1H3. The lowest BCUT2D eigenvalue weighted by Crippen LogP contribution is -2.12. The molecule has 3 nitrogen and oxygen atoms in total. The number of hydrogen-bond donors (Lipinski definition) is 1. The predicted molar refractivity (Wildman–Crippen MR) is 61.9 cm³/mol. The molecule has 17 heavy (non-hydrogen) atoms. The summed E-state index contributed by atoms with van der Waals surface area (Å²) in [5.41, 5.74) is 6.37. The van der Waals surface area contributed by atoms with Crippen molar-refractivity contribution in [2.24, 2.45) is 5.73 Å². The van der Waals surface area contributed by atoms with E-state index in [1.807, 2.05) is 0 Å². The van der Waals surface area contributed by atoms with Crippen LogP contribution in [-0.2, 0) is 11.3 Å². The van der Waals surface area contributed by atoms with Crippen LogP contribution in [0.5, 0.6) is 0 Å². The van der Waals surface area contributed by atoms with E-state index in [4.69, 9.17) is 14.9 Å². The molecule has 1 aromatic heterocycles. The van der Waals surface area contributed by atoms with E-state index in [2.05, 4.69) is 0 Å². The summed E-state index contributed by atoms with van der Waals surface area (Å²) in [4.78, 5) is 0. The number of methoxy groups -OCH3 is 1. The van der Waals surface area contributed by atoms with Gasteiger partial charge >= 0.3 is 0 Å². The van der Waals surface area contributed by atoms with Gasteiger partial charge in [-0.1, -0.05) is 18.2 Å². The molecule has 0 aliphatic carbocycles. The summed E-state index contributed by atoms with van der Waals surface area (Å²) in [5, 5.41) is 0. The van der Waals surface area contributed by atoms with E-state index in [0.717, 1.165) is 0 Å². The van der Waals surface area contributed by atoms with Crippen molar-refractivity contribution in [3.05, 3.63) is 59.3 Å². The zero-order chi connectivity index (χ0) is 12.3. The Kier molecular flexibility index (Phi) is 3.56. The zero-order valence-corrected chi connectivity index (χ0v) is 9.52. The molecule has 90 valence electrons. The Hall–Kier alpha value is -1.65. The van der Waals surface area contributed by atoms with Crippen LogP contribution in [0.2, 0.25) is 0 Å². The van der Waals surface area contributed by atoms with Gasteiger partial charge < -0.3 is 14.9 Å². The molecule has 4 heteroatoms. The van der Waals surface area contributed by atoms with Gasteiger partial charge in [-0.25, -0.2) is 4.39 Å². The number of hydrogen-bond acceptors (Lipinski definition) is 3. The van der Waals surface area contributed by atoms with Crippen LogP contribution in [-0.4, -0.2) is 7.11 Å². The van der Waals surface area contributed by atoms with Crippen molar-refractivity contribution in [3.63, 3.8) is 0 Å². The molecule has 0 amide bonds. The monoisotopic (exact) mass is 235 g/mol. The minimum atomic E-state index is -0.596. The Balaban J connectivity index is 2.24. The summed E-state index contributed by atoms with van der Waals surface area (Å²) in [7, 11) is 1.58. The molecule has 0 aliphatic rings. The van der Waals surface area contributed by atoms with Crippen LogP contribution >= 0.6 is 0 Å². The Labute approximate surface area is 99.0 Å². The second-order valence-corrected chi connectivity index (χ2v) is 3.74. The quantitative estimate of drug-likeness (QED) is 0.886. The van der Waals surface area contributed by atoms with Gasteiger partial charge in [0.25, 0.3) is 0 Å². The number of halogens is 1. The lowest BCUT2D eigenvalue weighted by Gasteiger charge is -2.09. The van der Waals surface area contributed by atoms with Gasteiger partial charge in [-0.3, -0.25) is 0 Å². The summed E-state index contributed by atoms with van der Waals surface area (Å²) in [5.74, 6) is 0.876. The lowest BCUT2D eigenvalue weighted by atomic mass is 10.1. The molecule has 0 saturated carbocycles. The smallest absolute Gasteiger partial charge is 0.129 e. The average molecular weight is 235 g/mol. The minimum absolute atomic E-state index is 0.329. The van der Waals surface area contributed by atoms with Gasteiger partial charge in [-0.15, -0.1) is 0 Å². The van der Waals surface area contributed by atoms with E-state index in [-0.39, 0.29) is 5.82 Å². The van der Waals surface area contributed by atoms with Crippen LogP contribution in [0.25, 0.3) is 0 Å². The fourth-order valence-corrected chi connectivity index (χ4v) is 1.66. The third-order valence-electron chi connectivity index (χ3n) is 2.52. The van der Waals surface area contributed by atoms with Crippen LogP contribution in [0.4, 0.5) is 4.39 Å². The highest BCUT2D eigenvalue weighted by molar-refractivity contribution is 5.28. The Morgan fingerprint density at radius 1 is 1.29 bits per heavy atom. The van der Waals surface area contributed by atoms with E-state index in [1.165, 1.54) is 6.07 Å². The summed E-state index contributed by atoms with van der Waals surface area (Å²) in [6.07, 6.45) is 0. The Bertz CT molecular complexity index is 496. The average Bonchev–Trinajstić information content (AvgIpc) is 2.78. The fraction of sp³-hybridized carbons (Fsp3) is 0.231. The number of nitrogens with two attached hydrogens (primary N) is 1. The van der Waals surface area contributed by atoms with E-state index < -0.39 is 6.04 Å². The first kappa shape index (κ1) is 11.8. The molecular formula is C13H14FNO2. The number of rotatable bonds is 4. The topological polar surface area (TPSA) is 48.4 Å². The van der Waals surface area contributed by atoms with Crippen LogP contribution < -0.4 is 5.73 Å². The summed E-state index contributed by atoms with van der Waals surface area (Å²) in [6, 6.07) is 9.33. The molecule has 1 aromatic carbocycles. The molecule has 0 bridgehead atoms. The highest BCUT2D eigenvalue weighted by Gasteiger charge is 2.16. The van der Waals surface area contributed by atoms with Gasteiger partial charge in [-0.05, 0) is 18.2 Å². The summed E-state index contributed by atoms with van der Waals surface area (Å²) >= 11 is 0. The van der Waals surface area contributed by atoms with Crippen molar-refractivity contribution < 1.29 is 13.5 Å². The van der Waals surface area contributed by atoms with E-state index in [0.29, 0.717) is 23.7 Å². The van der Waals surface area contributed by atoms with Gasteiger partial charge in [0.1, 0.15) is 23.9 Å². The molecule has 0 spiro atoms. The third-order valence-corrected chi connectivity index (χ3v) is 2.52. The molecule has 2 N–H and O–H groups in total. The molecule has 1 heterocycles. The number of furan rings is 1. The summed E-state index contributed by atoms with van der Waals surface area (Å²) < 4.78 is 24.0. The second-order valence-electron chi connectivity index (χ2n) is 3.74. The van der Waals surface area contributed by atoms with Crippen molar-refractivity contribution in [1.82, 2.24) is 0 Å². The van der Waals surface area contributed by atoms with Gasteiger partial charge in [0.15, 0.2) is 0 Å². The minimum Gasteiger partial charge on any atom is -0.462 e. The van der Waals surface area contributed by atoms with Gasteiger partial charge in [0.05, 0.1) is 6.04 Å². The van der Waals surface area contributed by atoms with Crippen molar-refractivity contribution in [3.8, 4) is 0 Å². The summed E-state index contributed by atoms with van der Waals surface area (Å²) in [6.45, 7) is 0.379. The highest BCUT2D eigenvalue weighted by Crippen LogP contribution is 2.23. The predicted octanol–water partition coefficient (Wildman–Crippen LogP) is 2.61. The molecule has 2 aromatic rings. The first-order valence-electron chi connectivity index (χ1n) is 5.30. The largest absolute Gasteiger partial charge is 0.462 e. The first-order valence-corrected chi connectivity index (χ1v) is 5.30. The second kappa shape index (κ2) is 5.12. The van der Waals surface area contributed by atoms with Crippen LogP contribution in [0.1, 0.15) is 23.1 Å². The number of benzene rings is 1. The third kappa shape index (κ3) is 2.54. The van der Waals surface area contributed by atoms with Gasteiger partial charge in [-0.2, -0.15) is 0 Å². The maximum absolute atomic E-state index is 13.5. The Morgan fingerprint density at radius 2 is 2.06 bits per heavy atom. The van der Waals surface area contributed by atoms with E-state index >= 15 is 0 Å². The van der Waals surface area contributed by atoms with Crippen LogP contribution in [0.15, 0.2) is 40.8 Å². The maximum Gasteiger partial charge on any atom is 0.129 e. The fourth-order valence-electron chi connectivity index (χ4n) is 1.66. The maximum atomic E-state index is 13.5. The lowest BCUT2D eigenvalue weighted by molar-refractivity contribution is 0.162. The Morgan fingerprint density at radius 3 is 2.76 bits per heavy atom. The van der Waals surface area contributed by atoms with Crippen LogP contribution in [0, 0.1) is 5.82 Å². The zero-order valence-electron chi connectivity index (χ0n) is 9.52. The SMILES string of the molecule is COCc1ccc(C(N)c2ccccc2F)o1. The molecule has 0 radical (unpaired) electrons.